The summed E-state index contributed by atoms with van der Waals surface area (Å²) in [6, 6.07) is 11.6. The number of halogens is 2. The van der Waals surface area contributed by atoms with Crippen LogP contribution in [0.4, 0.5) is 8.78 Å². The molecule has 0 aliphatic heterocycles. The molecule has 2 unspecified atom stereocenters. The fourth-order valence-electron chi connectivity index (χ4n) is 2.63. The predicted octanol–water partition coefficient (Wildman–Crippen LogP) is 2.76. The molecule has 2 atom stereocenters. The summed E-state index contributed by atoms with van der Waals surface area (Å²) in [6.45, 7) is 3.60. The fourth-order valence-corrected chi connectivity index (χ4v) is 2.63. The second kappa shape index (κ2) is 10.1. The van der Waals surface area contributed by atoms with Gasteiger partial charge in [-0.05, 0) is 29.8 Å². The Balaban J connectivity index is 2.20. The zero-order valence-corrected chi connectivity index (χ0v) is 17.0. The Morgan fingerprint density at radius 2 is 1.35 bits per heavy atom. The first-order chi connectivity index (χ1) is 14.6. The van der Waals surface area contributed by atoms with Crippen molar-refractivity contribution in [1.82, 2.24) is 0 Å². The summed E-state index contributed by atoms with van der Waals surface area (Å²) >= 11 is 0. The van der Waals surface area contributed by atoms with Crippen LogP contribution in [0.1, 0.15) is 46.2 Å². The van der Waals surface area contributed by atoms with E-state index in [1.165, 1.54) is 61.7 Å². The Morgan fingerprint density at radius 3 is 1.77 bits per heavy atom. The number of hydrogen-bond acceptors (Lipinski definition) is 7. The maximum absolute atomic E-state index is 14.2. The first-order valence-electron chi connectivity index (χ1n) is 9.27. The van der Waals surface area contributed by atoms with E-state index >= 15 is 0 Å². The van der Waals surface area contributed by atoms with Crippen molar-refractivity contribution in [2.24, 2.45) is 5.92 Å². The van der Waals surface area contributed by atoms with Gasteiger partial charge in [-0.25, -0.2) is 9.59 Å². The van der Waals surface area contributed by atoms with Crippen LogP contribution < -0.4 is 5.11 Å². The minimum Gasteiger partial charge on any atom is -0.544 e. The van der Waals surface area contributed by atoms with E-state index in [9.17, 15) is 28.3 Å². The number of carbonyl (C=O) groups excluding carboxylic acids is 3. The monoisotopic (exact) mass is 435 g/mol. The predicted molar refractivity (Wildman–Crippen MR) is 102 cm³/mol. The van der Waals surface area contributed by atoms with E-state index in [0.29, 0.717) is 0 Å². The Morgan fingerprint density at radius 1 is 0.871 bits per heavy atom. The van der Waals surface area contributed by atoms with Crippen LogP contribution in [-0.2, 0) is 19.0 Å². The van der Waals surface area contributed by atoms with Crippen LogP contribution in [-0.4, -0.2) is 37.2 Å². The molecule has 0 saturated heterocycles. The number of rotatable bonds is 9. The first-order valence-corrected chi connectivity index (χ1v) is 9.27. The van der Waals surface area contributed by atoms with E-state index in [1.807, 2.05) is 0 Å². The lowest BCUT2D eigenvalue weighted by Crippen LogP contribution is -2.47. The largest absolute Gasteiger partial charge is 0.544 e. The van der Waals surface area contributed by atoms with Gasteiger partial charge in [0.05, 0.1) is 11.1 Å². The van der Waals surface area contributed by atoms with E-state index in [2.05, 4.69) is 0 Å². The van der Waals surface area contributed by atoms with Crippen molar-refractivity contribution in [2.75, 3.05) is 7.11 Å². The molecule has 7 nitrogen and oxygen atoms in total. The number of ether oxygens (including phenoxy) is 3. The van der Waals surface area contributed by atoms with Crippen LogP contribution in [0.2, 0.25) is 0 Å². The minimum absolute atomic E-state index is 0.0940. The molecular formula is C22H21F2O7-. The smallest absolute Gasteiger partial charge is 0.340 e. The Hall–Kier alpha value is -3.33. The molecule has 9 heteroatoms. The van der Waals surface area contributed by atoms with E-state index in [0.717, 1.165) is 0 Å². The number of carboxylic acids is 1. The molecule has 0 amide bonds. The van der Waals surface area contributed by atoms with Gasteiger partial charge in [-0.2, -0.15) is 8.78 Å². The Kier molecular flexibility index (Phi) is 7.82. The summed E-state index contributed by atoms with van der Waals surface area (Å²) in [5.74, 6) is -9.14. The van der Waals surface area contributed by atoms with Crippen LogP contribution >= 0.6 is 0 Å². The fraction of sp³-hybridized carbons (Fsp3) is 0.318. The highest BCUT2D eigenvalue weighted by Gasteiger charge is 2.45. The molecule has 2 aromatic rings. The number of methoxy groups -OCH3 is 1. The highest BCUT2D eigenvalue weighted by Crippen LogP contribution is 2.35. The molecule has 0 bridgehead atoms. The van der Waals surface area contributed by atoms with Crippen molar-refractivity contribution in [3.05, 3.63) is 71.3 Å². The SMILES string of the molecule is COC(OC(=O)c1ccc(C(=O)OC(c2ccccc2)C(F)(F)C(=O)[O-])cc1)C(C)C. The van der Waals surface area contributed by atoms with E-state index < -0.39 is 36.2 Å². The zero-order valence-electron chi connectivity index (χ0n) is 17.0. The van der Waals surface area contributed by atoms with Gasteiger partial charge in [0.1, 0.15) is 5.97 Å². The number of benzene rings is 2. The van der Waals surface area contributed by atoms with Gasteiger partial charge in [-0.15, -0.1) is 0 Å². The number of carboxylic acid groups (broad SMARTS) is 1. The molecule has 0 aliphatic rings. The van der Waals surface area contributed by atoms with E-state index in [1.54, 1.807) is 13.8 Å². The molecule has 166 valence electrons. The maximum Gasteiger partial charge on any atom is 0.340 e. The number of carbonyl (C=O) groups is 3. The number of aliphatic carboxylic acids is 1. The summed E-state index contributed by atoms with van der Waals surface area (Å²) in [5, 5.41) is 10.9. The van der Waals surface area contributed by atoms with Gasteiger partial charge in [0.15, 0.2) is 6.10 Å². The molecular weight excluding hydrogens is 414 g/mol. The molecule has 0 N–H and O–H groups in total. The first kappa shape index (κ1) is 23.9. The van der Waals surface area contributed by atoms with Crippen molar-refractivity contribution in [3.8, 4) is 0 Å². The summed E-state index contributed by atoms with van der Waals surface area (Å²) in [4.78, 5) is 35.5. The third kappa shape index (κ3) is 5.85. The van der Waals surface area contributed by atoms with Crippen molar-refractivity contribution < 1.29 is 42.5 Å². The quantitative estimate of drug-likeness (QED) is 0.441. The molecule has 0 heterocycles. The van der Waals surface area contributed by atoms with Crippen molar-refractivity contribution in [2.45, 2.75) is 32.2 Å². The molecule has 0 fully saturated rings. The van der Waals surface area contributed by atoms with Crippen molar-refractivity contribution >= 4 is 17.9 Å². The zero-order chi connectivity index (χ0) is 23.2. The molecule has 0 saturated carbocycles. The average Bonchev–Trinajstić information content (AvgIpc) is 2.75. The molecule has 0 radical (unpaired) electrons. The standard InChI is InChI=1S/C22H22F2O7/c1-13(2)20(29-3)31-19(26)16-11-9-15(10-12-16)18(25)30-17(22(23,24)21(27)28)14-7-5-4-6-8-14/h4-13,17,20H,1-3H3,(H,27,28)/p-1. The molecule has 31 heavy (non-hydrogen) atoms. The molecule has 2 aromatic carbocycles. The van der Waals surface area contributed by atoms with Gasteiger partial charge in [0.2, 0.25) is 6.29 Å². The normalized spacial score (nSPS) is 13.4. The summed E-state index contributed by atoms with van der Waals surface area (Å²) in [5.41, 5.74) is -0.290. The maximum atomic E-state index is 14.2. The van der Waals surface area contributed by atoms with Gasteiger partial charge < -0.3 is 24.1 Å². The lowest BCUT2D eigenvalue weighted by Gasteiger charge is -2.27. The van der Waals surface area contributed by atoms with Gasteiger partial charge in [-0.3, -0.25) is 0 Å². The highest BCUT2D eigenvalue weighted by molar-refractivity contribution is 5.93. The van der Waals surface area contributed by atoms with Crippen LogP contribution in [0.5, 0.6) is 0 Å². The lowest BCUT2D eigenvalue weighted by atomic mass is 10.0. The van der Waals surface area contributed by atoms with Gasteiger partial charge in [0.25, 0.3) is 0 Å². The second-order valence-electron chi connectivity index (χ2n) is 6.94. The number of alkyl halides is 2. The molecule has 0 spiro atoms. The number of hydrogen-bond donors (Lipinski definition) is 0. The second-order valence-corrected chi connectivity index (χ2v) is 6.94. The van der Waals surface area contributed by atoms with Crippen molar-refractivity contribution in [3.63, 3.8) is 0 Å². The van der Waals surface area contributed by atoms with Crippen LogP contribution in [0.3, 0.4) is 0 Å². The van der Waals surface area contributed by atoms with E-state index in [-0.39, 0.29) is 22.6 Å². The summed E-state index contributed by atoms with van der Waals surface area (Å²) in [7, 11) is 1.39. The molecule has 0 aliphatic carbocycles. The number of esters is 2. The van der Waals surface area contributed by atoms with Gasteiger partial charge >= 0.3 is 17.9 Å². The molecule has 0 aromatic heterocycles. The summed E-state index contributed by atoms with van der Waals surface area (Å²) in [6.07, 6.45) is -3.17. The van der Waals surface area contributed by atoms with Crippen LogP contribution in [0.25, 0.3) is 0 Å². The topological polar surface area (TPSA) is 102 Å². The van der Waals surface area contributed by atoms with Gasteiger partial charge in [0, 0.05) is 13.0 Å². The average molecular weight is 435 g/mol. The highest BCUT2D eigenvalue weighted by atomic mass is 19.3. The summed E-state index contributed by atoms with van der Waals surface area (Å²) < 4.78 is 43.4. The third-order valence-electron chi connectivity index (χ3n) is 4.28. The van der Waals surface area contributed by atoms with E-state index in [4.69, 9.17) is 14.2 Å². The molecule has 2 rings (SSSR count). The Labute approximate surface area is 177 Å². The van der Waals surface area contributed by atoms with Crippen LogP contribution in [0.15, 0.2) is 54.6 Å². The Bertz CT molecular complexity index is 911. The van der Waals surface area contributed by atoms with Crippen molar-refractivity contribution in [1.29, 1.82) is 0 Å². The minimum atomic E-state index is -4.47. The van der Waals surface area contributed by atoms with Crippen LogP contribution in [0, 0.1) is 5.92 Å². The lowest BCUT2D eigenvalue weighted by molar-refractivity contribution is -0.336. The third-order valence-corrected chi connectivity index (χ3v) is 4.28. The van der Waals surface area contributed by atoms with Gasteiger partial charge in [-0.1, -0.05) is 44.2 Å².